The normalized spacial score (nSPS) is 10.6. The summed E-state index contributed by atoms with van der Waals surface area (Å²) in [6.07, 6.45) is 1.45. The summed E-state index contributed by atoms with van der Waals surface area (Å²) in [5.41, 5.74) is 0.741. The van der Waals surface area contributed by atoms with E-state index in [9.17, 15) is 9.90 Å². The maximum atomic E-state index is 12.1. The minimum Gasteiger partial charge on any atom is -0.505 e. The molecule has 2 aromatic heterocycles. The smallest absolute Gasteiger partial charge is 0.279 e. The van der Waals surface area contributed by atoms with Crippen LogP contribution in [0.15, 0.2) is 36.5 Å². The maximum Gasteiger partial charge on any atom is 0.279 e. The number of carbonyl (C=O) groups excluding carboxylic acids is 1. The molecule has 1 aromatic carbocycles. The summed E-state index contributed by atoms with van der Waals surface area (Å²) in [6, 6.07) is 8.52. The van der Waals surface area contributed by atoms with Gasteiger partial charge in [0.1, 0.15) is 11.5 Å². The molecule has 112 valence electrons. The van der Waals surface area contributed by atoms with Gasteiger partial charge < -0.3 is 9.84 Å². The third kappa shape index (κ3) is 2.84. The second kappa shape index (κ2) is 5.98. The van der Waals surface area contributed by atoms with Gasteiger partial charge in [0, 0.05) is 6.20 Å². The van der Waals surface area contributed by atoms with Crippen molar-refractivity contribution < 1.29 is 14.6 Å². The number of pyridine rings is 1. The Hall–Kier alpha value is -2.67. The SMILES string of the molecule is CCOc1ccc2nc(NC(=O)c3ncccc3O)sc2c1. The van der Waals surface area contributed by atoms with E-state index < -0.39 is 5.91 Å². The topological polar surface area (TPSA) is 84.3 Å². The number of aromatic nitrogens is 2. The molecular formula is C15H13N3O3S. The van der Waals surface area contributed by atoms with Gasteiger partial charge in [0.25, 0.3) is 5.91 Å². The first-order chi connectivity index (χ1) is 10.7. The zero-order valence-corrected chi connectivity index (χ0v) is 12.6. The average Bonchev–Trinajstić information content (AvgIpc) is 2.89. The summed E-state index contributed by atoms with van der Waals surface area (Å²) >= 11 is 1.33. The number of carbonyl (C=O) groups is 1. The summed E-state index contributed by atoms with van der Waals surface area (Å²) in [4.78, 5) is 20.3. The fourth-order valence-corrected chi connectivity index (χ4v) is 2.83. The molecule has 0 bridgehead atoms. The highest BCUT2D eigenvalue weighted by Crippen LogP contribution is 2.29. The Bertz CT molecular complexity index is 832. The number of aromatic hydroxyl groups is 1. The number of fused-ring (bicyclic) bond motifs is 1. The van der Waals surface area contributed by atoms with Crippen molar-refractivity contribution in [2.75, 3.05) is 11.9 Å². The van der Waals surface area contributed by atoms with Crippen LogP contribution in [-0.2, 0) is 0 Å². The van der Waals surface area contributed by atoms with Crippen LogP contribution in [0.3, 0.4) is 0 Å². The van der Waals surface area contributed by atoms with E-state index >= 15 is 0 Å². The van der Waals surface area contributed by atoms with Crippen molar-refractivity contribution in [3.63, 3.8) is 0 Å². The molecule has 2 N–H and O–H groups in total. The number of nitrogens with zero attached hydrogens (tertiary/aromatic N) is 2. The van der Waals surface area contributed by atoms with E-state index in [-0.39, 0.29) is 11.4 Å². The lowest BCUT2D eigenvalue weighted by Crippen LogP contribution is -2.13. The quantitative estimate of drug-likeness (QED) is 0.773. The molecule has 0 aliphatic carbocycles. The van der Waals surface area contributed by atoms with E-state index in [1.807, 2.05) is 25.1 Å². The molecular weight excluding hydrogens is 302 g/mol. The molecule has 0 radical (unpaired) electrons. The number of hydrogen-bond acceptors (Lipinski definition) is 6. The van der Waals surface area contributed by atoms with E-state index in [0.717, 1.165) is 16.0 Å². The molecule has 0 aliphatic rings. The van der Waals surface area contributed by atoms with E-state index in [2.05, 4.69) is 15.3 Å². The first kappa shape index (κ1) is 14.3. The van der Waals surface area contributed by atoms with Gasteiger partial charge in [-0.05, 0) is 37.3 Å². The highest BCUT2D eigenvalue weighted by Gasteiger charge is 2.14. The highest BCUT2D eigenvalue weighted by molar-refractivity contribution is 7.22. The summed E-state index contributed by atoms with van der Waals surface area (Å²) in [5, 5.41) is 12.7. The van der Waals surface area contributed by atoms with Crippen molar-refractivity contribution in [1.82, 2.24) is 9.97 Å². The third-order valence-electron chi connectivity index (χ3n) is 2.89. The summed E-state index contributed by atoms with van der Waals surface area (Å²) < 4.78 is 6.35. The van der Waals surface area contributed by atoms with Gasteiger partial charge in [-0.2, -0.15) is 0 Å². The Labute approximate surface area is 130 Å². The number of anilines is 1. The van der Waals surface area contributed by atoms with Gasteiger partial charge >= 0.3 is 0 Å². The van der Waals surface area contributed by atoms with Crippen molar-refractivity contribution in [2.45, 2.75) is 6.92 Å². The van der Waals surface area contributed by atoms with Crippen LogP contribution in [0.5, 0.6) is 11.5 Å². The van der Waals surface area contributed by atoms with Crippen molar-refractivity contribution in [1.29, 1.82) is 0 Å². The molecule has 6 nitrogen and oxygen atoms in total. The number of benzene rings is 1. The van der Waals surface area contributed by atoms with Crippen molar-refractivity contribution in [3.8, 4) is 11.5 Å². The van der Waals surface area contributed by atoms with Crippen molar-refractivity contribution in [2.24, 2.45) is 0 Å². The minimum absolute atomic E-state index is 0.0308. The van der Waals surface area contributed by atoms with Gasteiger partial charge in [0.05, 0.1) is 16.8 Å². The molecule has 2 heterocycles. The lowest BCUT2D eigenvalue weighted by Gasteiger charge is -2.02. The number of nitrogens with one attached hydrogen (secondary N) is 1. The first-order valence-electron chi connectivity index (χ1n) is 6.66. The Morgan fingerprint density at radius 1 is 1.41 bits per heavy atom. The van der Waals surface area contributed by atoms with E-state index in [0.29, 0.717) is 11.7 Å². The molecule has 0 saturated heterocycles. The second-order valence-corrected chi connectivity index (χ2v) is 5.44. The fraction of sp³-hybridized carbons (Fsp3) is 0.133. The maximum absolute atomic E-state index is 12.1. The molecule has 0 saturated carbocycles. The van der Waals surface area contributed by atoms with Gasteiger partial charge in [-0.15, -0.1) is 0 Å². The fourth-order valence-electron chi connectivity index (χ4n) is 1.94. The van der Waals surface area contributed by atoms with Gasteiger partial charge in [-0.1, -0.05) is 11.3 Å². The number of hydrogen-bond donors (Lipinski definition) is 2. The van der Waals surface area contributed by atoms with Crippen LogP contribution in [0.4, 0.5) is 5.13 Å². The Balaban J connectivity index is 1.85. The largest absolute Gasteiger partial charge is 0.505 e. The number of rotatable bonds is 4. The van der Waals surface area contributed by atoms with Crippen LogP contribution in [0.25, 0.3) is 10.2 Å². The molecule has 0 atom stereocenters. The molecule has 0 unspecified atom stereocenters. The predicted octanol–water partition coefficient (Wildman–Crippen LogP) is 3.05. The van der Waals surface area contributed by atoms with Gasteiger partial charge in [-0.3, -0.25) is 10.1 Å². The van der Waals surface area contributed by atoms with Crippen LogP contribution in [0, 0.1) is 0 Å². The van der Waals surface area contributed by atoms with E-state index in [1.165, 1.54) is 23.6 Å². The number of ether oxygens (including phenoxy) is 1. The van der Waals surface area contributed by atoms with Crippen LogP contribution < -0.4 is 10.1 Å². The molecule has 3 rings (SSSR count). The third-order valence-corrected chi connectivity index (χ3v) is 3.83. The highest BCUT2D eigenvalue weighted by atomic mass is 32.1. The molecule has 3 aromatic rings. The Morgan fingerprint density at radius 3 is 3.05 bits per heavy atom. The monoisotopic (exact) mass is 315 g/mol. The lowest BCUT2D eigenvalue weighted by molar-refractivity contribution is 0.101. The van der Waals surface area contributed by atoms with Crippen molar-refractivity contribution in [3.05, 3.63) is 42.2 Å². The summed E-state index contributed by atoms with van der Waals surface area (Å²) in [7, 11) is 0. The van der Waals surface area contributed by atoms with Gasteiger partial charge in [-0.25, -0.2) is 9.97 Å². The Morgan fingerprint density at radius 2 is 2.27 bits per heavy atom. The zero-order valence-electron chi connectivity index (χ0n) is 11.7. The molecule has 1 amide bonds. The molecule has 22 heavy (non-hydrogen) atoms. The standard InChI is InChI=1S/C15H13N3O3S/c1-2-21-9-5-6-10-12(8-9)22-15(17-10)18-14(20)13-11(19)4-3-7-16-13/h3-8,19H,2H2,1H3,(H,17,18,20). The minimum atomic E-state index is -0.498. The lowest BCUT2D eigenvalue weighted by atomic mass is 10.3. The molecule has 7 heteroatoms. The molecule has 0 aliphatic heterocycles. The average molecular weight is 315 g/mol. The number of thiazole rings is 1. The van der Waals surface area contributed by atoms with Crippen LogP contribution >= 0.6 is 11.3 Å². The molecule has 0 fully saturated rings. The van der Waals surface area contributed by atoms with Crippen LogP contribution in [0.1, 0.15) is 17.4 Å². The van der Waals surface area contributed by atoms with Crippen LogP contribution in [-0.4, -0.2) is 27.6 Å². The van der Waals surface area contributed by atoms with Gasteiger partial charge in [0.15, 0.2) is 10.8 Å². The summed E-state index contributed by atoms with van der Waals surface area (Å²) in [5.74, 6) is 0.0980. The second-order valence-electron chi connectivity index (χ2n) is 4.41. The summed E-state index contributed by atoms with van der Waals surface area (Å²) in [6.45, 7) is 2.51. The number of amides is 1. The predicted molar refractivity (Wildman–Crippen MR) is 84.6 cm³/mol. The Kier molecular flexibility index (Phi) is 3.88. The molecule has 0 spiro atoms. The van der Waals surface area contributed by atoms with E-state index in [1.54, 1.807) is 6.07 Å². The van der Waals surface area contributed by atoms with Crippen molar-refractivity contribution >= 4 is 32.6 Å². The van der Waals surface area contributed by atoms with Gasteiger partial charge in [0.2, 0.25) is 0 Å². The van der Waals surface area contributed by atoms with E-state index in [4.69, 9.17) is 4.74 Å². The zero-order chi connectivity index (χ0) is 15.5. The van der Waals surface area contributed by atoms with Crippen LogP contribution in [0.2, 0.25) is 0 Å². The first-order valence-corrected chi connectivity index (χ1v) is 7.47.